The molecule has 0 bridgehead atoms. The summed E-state index contributed by atoms with van der Waals surface area (Å²) in [6.07, 6.45) is 1.71. The maximum Gasteiger partial charge on any atom is 0.273 e. The number of carbonyl (C=O) groups is 1. The summed E-state index contributed by atoms with van der Waals surface area (Å²) in [6.45, 7) is 4.50. The van der Waals surface area contributed by atoms with E-state index in [1.54, 1.807) is 6.92 Å². The molecule has 7 nitrogen and oxygen atoms in total. The molecule has 0 aromatic carbocycles. The Kier molecular flexibility index (Phi) is 6.42. The van der Waals surface area contributed by atoms with E-state index >= 15 is 0 Å². The lowest BCUT2D eigenvalue weighted by Crippen LogP contribution is -2.46. The molecule has 2 heterocycles. The highest BCUT2D eigenvalue weighted by Gasteiger charge is 2.25. The van der Waals surface area contributed by atoms with Crippen LogP contribution in [0.3, 0.4) is 0 Å². The highest BCUT2D eigenvalue weighted by molar-refractivity contribution is 7.89. The predicted molar refractivity (Wildman–Crippen MR) is 84.9 cm³/mol. The minimum absolute atomic E-state index is 0. The second-order valence-corrected chi connectivity index (χ2v) is 7.11. The van der Waals surface area contributed by atoms with Crippen molar-refractivity contribution in [2.75, 3.05) is 13.6 Å². The fourth-order valence-electron chi connectivity index (χ4n) is 2.44. The van der Waals surface area contributed by atoms with Crippen molar-refractivity contribution in [3.8, 4) is 0 Å². The molecule has 0 radical (unpaired) electrons. The van der Waals surface area contributed by atoms with E-state index in [4.69, 9.17) is 4.42 Å². The van der Waals surface area contributed by atoms with Gasteiger partial charge in [-0.15, -0.1) is 12.4 Å². The Morgan fingerprint density at radius 1 is 1.45 bits per heavy atom. The van der Waals surface area contributed by atoms with Crippen LogP contribution in [0.1, 0.15) is 35.9 Å². The van der Waals surface area contributed by atoms with Gasteiger partial charge in [0.1, 0.15) is 5.76 Å². The molecule has 3 N–H and O–H groups in total. The first-order valence-electron chi connectivity index (χ1n) is 6.91. The molecular formula is C13H22ClN3O4S. The molecule has 1 saturated heterocycles. The van der Waals surface area contributed by atoms with Gasteiger partial charge in [-0.05, 0) is 40.3 Å². The fraction of sp³-hybridized carbons (Fsp3) is 0.615. The Morgan fingerprint density at radius 3 is 2.73 bits per heavy atom. The van der Waals surface area contributed by atoms with Gasteiger partial charge in [-0.1, -0.05) is 0 Å². The maximum atomic E-state index is 12.3. The summed E-state index contributed by atoms with van der Waals surface area (Å²) in [6, 6.07) is 1.71. The minimum atomic E-state index is -3.68. The maximum absolute atomic E-state index is 12.3. The molecule has 2 atom stereocenters. The van der Waals surface area contributed by atoms with Crippen molar-refractivity contribution in [2.24, 2.45) is 0 Å². The first kappa shape index (κ1) is 19.0. The van der Waals surface area contributed by atoms with Crippen molar-refractivity contribution < 1.29 is 17.6 Å². The monoisotopic (exact) mass is 351 g/mol. The molecule has 126 valence electrons. The summed E-state index contributed by atoms with van der Waals surface area (Å²) in [5.74, 6) is -0.00351. The Morgan fingerprint density at radius 2 is 2.14 bits per heavy atom. The van der Waals surface area contributed by atoms with Gasteiger partial charge >= 0.3 is 0 Å². The highest BCUT2D eigenvalue weighted by Crippen LogP contribution is 2.19. The van der Waals surface area contributed by atoms with Crippen LogP contribution in [-0.4, -0.2) is 40.0 Å². The number of hydrogen-bond donors (Lipinski definition) is 3. The highest BCUT2D eigenvalue weighted by atomic mass is 35.5. The van der Waals surface area contributed by atoms with Gasteiger partial charge in [0.05, 0.1) is 5.56 Å². The molecule has 1 fully saturated rings. The number of piperidine rings is 1. The number of nitrogens with one attached hydrogen (secondary N) is 3. The van der Waals surface area contributed by atoms with Gasteiger partial charge in [-0.25, -0.2) is 13.1 Å². The largest absolute Gasteiger partial charge is 0.448 e. The number of carbonyl (C=O) groups excluding carboxylic acids is 1. The summed E-state index contributed by atoms with van der Waals surface area (Å²) in [5, 5.41) is 6.00. The molecule has 1 aromatic heterocycles. The molecule has 1 aliphatic heterocycles. The van der Waals surface area contributed by atoms with Crippen molar-refractivity contribution in [2.45, 2.75) is 43.9 Å². The van der Waals surface area contributed by atoms with E-state index < -0.39 is 10.0 Å². The molecule has 0 aliphatic carbocycles. The van der Waals surface area contributed by atoms with E-state index in [1.165, 1.54) is 13.1 Å². The second kappa shape index (κ2) is 7.45. The topological polar surface area (TPSA) is 100 Å². The smallest absolute Gasteiger partial charge is 0.273 e. The van der Waals surface area contributed by atoms with E-state index in [1.807, 2.05) is 0 Å². The van der Waals surface area contributed by atoms with Crippen LogP contribution in [0.4, 0.5) is 0 Å². The number of hydrogen-bond acceptors (Lipinski definition) is 5. The average Bonchev–Trinajstić information content (AvgIpc) is 2.81. The molecule has 0 saturated carbocycles. The third-order valence-corrected chi connectivity index (χ3v) is 4.90. The zero-order valence-electron chi connectivity index (χ0n) is 12.8. The van der Waals surface area contributed by atoms with Crippen LogP contribution in [-0.2, 0) is 10.0 Å². The zero-order chi connectivity index (χ0) is 15.6. The minimum Gasteiger partial charge on any atom is -0.448 e. The Balaban J connectivity index is 0.00000242. The van der Waals surface area contributed by atoms with Gasteiger partial charge in [-0.3, -0.25) is 4.79 Å². The predicted octanol–water partition coefficient (Wildman–Crippen LogP) is 0.788. The van der Waals surface area contributed by atoms with E-state index in [0.717, 1.165) is 19.4 Å². The molecule has 1 aromatic rings. The Hall–Kier alpha value is -1.09. The van der Waals surface area contributed by atoms with Gasteiger partial charge in [0.25, 0.3) is 15.9 Å². The normalized spacial score (nSPS) is 22.0. The lowest BCUT2D eigenvalue weighted by molar-refractivity contribution is 0.0924. The zero-order valence-corrected chi connectivity index (χ0v) is 14.4. The van der Waals surface area contributed by atoms with Crippen molar-refractivity contribution in [3.05, 3.63) is 17.4 Å². The molecular weight excluding hydrogens is 330 g/mol. The van der Waals surface area contributed by atoms with Gasteiger partial charge < -0.3 is 15.1 Å². The van der Waals surface area contributed by atoms with Crippen LogP contribution in [0.5, 0.6) is 0 Å². The van der Waals surface area contributed by atoms with Gasteiger partial charge in [0.15, 0.2) is 0 Å². The van der Waals surface area contributed by atoms with E-state index in [2.05, 4.69) is 22.3 Å². The van der Waals surface area contributed by atoms with Crippen LogP contribution in [0, 0.1) is 6.92 Å². The van der Waals surface area contributed by atoms with E-state index in [-0.39, 0.29) is 35.0 Å². The van der Waals surface area contributed by atoms with Crippen LogP contribution in [0.25, 0.3) is 0 Å². The molecule has 9 heteroatoms. The number of furan rings is 1. The van der Waals surface area contributed by atoms with Crippen molar-refractivity contribution in [1.82, 2.24) is 15.4 Å². The van der Waals surface area contributed by atoms with Crippen LogP contribution in [0.2, 0.25) is 0 Å². The molecule has 1 amide bonds. The summed E-state index contributed by atoms with van der Waals surface area (Å²) in [5.41, 5.74) is 0.259. The van der Waals surface area contributed by atoms with Crippen molar-refractivity contribution in [3.63, 3.8) is 0 Å². The summed E-state index contributed by atoms with van der Waals surface area (Å²) in [4.78, 5) is 12.3. The van der Waals surface area contributed by atoms with Crippen LogP contribution >= 0.6 is 12.4 Å². The average molecular weight is 352 g/mol. The number of aryl methyl sites for hydroxylation is 1. The Labute approximate surface area is 136 Å². The number of halogens is 1. The SMILES string of the molecule is CNS(=O)(=O)c1cc(C(=O)NC2CCNC(C)C2)c(C)o1.Cl. The molecule has 0 spiro atoms. The number of sulfonamides is 1. The summed E-state index contributed by atoms with van der Waals surface area (Å²) in [7, 11) is -2.39. The number of amides is 1. The third kappa shape index (κ3) is 4.22. The van der Waals surface area contributed by atoms with Gasteiger partial charge in [0, 0.05) is 18.2 Å². The van der Waals surface area contributed by atoms with Gasteiger partial charge in [-0.2, -0.15) is 0 Å². The summed E-state index contributed by atoms with van der Waals surface area (Å²) >= 11 is 0. The molecule has 2 unspecified atom stereocenters. The lowest BCUT2D eigenvalue weighted by Gasteiger charge is -2.28. The quantitative estimate of drug-likeness (QED) is 0.744. The summed E-state index contributed by atoms with van der Waals surface area (Å²) < 4.78 is 30.7. The third-order valence-electron chi connectivity index (χ3n) is 3.63. The molecule has 22 heavy (non-hydrogen) atoms. The first-order chi connectivity index (χ1) is 9.83. The molecule has 2 rings (SSSR count). The molecule has 1 aliphatic rings. The lowest BCUT2D eigenvalue weighted by atomic mass is 10.0. The van der Waals surface area contributed by atoms with Crippen LogP contribution < -0.4 is 15.4 Å². The number of rotatable bonds is 4. The van der Waals surface area contributed by atoms with E-state index in [0.29, 0.717) is 11.8 Å². The first-order valence-corrected chi connectivity index (χ1v) is 8.40. The van der Waals surface area contributed by atoms with Crippen LogP contribution in [0.15, 0.2) is 15.6 Å². The second-order valence-electron chi connectivity index (χ2n) is 5.29. The standard InChI is InChI=1S/C13H21N3O4S.ClH/c1-8-6-10(4-5-15-8)16-13(17)11-7-12(20-9(11)2)21(18,19)14-3;/h7-8,10,14-15H,4-6H2,1-3H3,(H,16,17);1H. The van der Waals surface area contributed by atoms with Crippen molar-refractivity contribution in [1.29, 1.82) is 0 Å². The fourth-order valence-corrected chi connectivity index (χ4v) is 3.15. The van der Waals surface area contributed by atoms with E-state index in [9.17, 15) is 13.2 Å². The van der Waals surface area contributed by atoms with Crippen molar-refractivity contribution >= 4 is 28.3 Å². The Bertz CT molecular complexity index is 629. The van der Waals surface area contributed by atoms with Gasteiger partial charge in [0.2, 0.25) is 5.09 Å².